The van der Waals surface area contributed by atoms with Crippen molar-refractivity contribution in [1.82, 2.24) is 19.2 Å². The monoisotopic (exact) mass is 304 g/mol. The summed E-state index contributed by atoms with van der Waals surface area (Å²) >= 11 is 3.47. The number of halogens is 1. The number of hydrogen-bond acceptors (Lipinski definition) is 2. The Kier molecular flexibility index (Phi) is 2.52. The molecule has 0 spiro atoms. The third-order valence-electron chi connectivity index (χ3n) is 3.18. The van der Waals surface area contributed by atoms with E-state index in [4.69, 9.17) is 0 Å². The van der Waals surface area contributed by atoms with Crippen LogP contribution < -0.4 is 0 Å². The highest BCUT2D eigenvalue weighted by Crippen LogP contribution is 2.26. The van der Waals surface area contributed by atoms with Crippen molar-refractivity contribution in [2.75, 3.05) is 0 Å². The Labute approximate surface area is 113 Å². The van der Waals surface area contributed by atoms with Crippen LogP contribution in [0.1, 0.15) is 11.4 Å². The molecule has 3 rings (SSSR count). The molecule has 0 aliphatic heterocycles. The highest BCUT2D eigenvalue weighted by Gasteiger charge is 2.14. The lowest BCUT2D eigenvalue weighted by atomic mass is 10.1. The lowest BCUT2D eigenvalue weighted by molar-refractivity contribution is 0.731. The van der Waals surface area contributed by atoms with Gasteiger partial charge in [-0.25, -0.2) is 4.98 Å². The SMILES string of the molecule is Cc1nn(C)c(C)c1-c1cn2cc(Br)ccc2n1. The van der Waals surface area contributed by atoms with E-state index in [0.29, 0.717) is 0 Å². The lowest BCUT2D eigenvalue weighted by Gasteiger charge is -1.96. The first-order chi connectivity index (χ1) is 8.56. The first-order valence-corrected chi connectivity index (χ1v) is 6.50. The molecule has 0 amide bonds. The molecule has 0 fully saturated rings. The first-order valence-electron chi connectivity index (χ1n) is 5.71. The zero-order valence-corrected chi connectivity index (χ0v) is 12.1. The van der Waals surface area contributed by atoms with Crippen molar-refractivity contribution in [2.24, 2.45) is 7.05 Å². The predicted molar refractivity (Wildman–Crippen MR) is 74.6 cm³/mol. The highest BCUT2D eigenvalue weighted by molar-refractivity contribution is 9.10. The van der Waals surface area contributed by atoms with Gasteiger partial charge in [-0.05, 0) is 41.9 Å². The minimum Gasteiger partial charge on any atom is -0.305 e. The quantitative estimate of drug-likeness (QED) is 0.692. The van der Waals surface area contributed by atoms with Crippen LogP contribution in [0, 0.1) is 13.8 Å². The number of hydrogen-bond donors (Lipinski definition) is 0. The van der Waals surface area contributed by atoms with Gasteiger partial charge in [0.2, 0.25) is 0 Å². The van der Waals surface area contributed by atoms with Gasteiger partial charge in [0.1, 0.15) is 5.65 Å². The molecule has 0 aliphatic rings. The Morgan fingerprint density at radius 3 is 2.61 bits per heavy atom. The van der Waals surface area contributed by atoms with Crippen LogP contribution in [0.3, 0.4) is 0 Å². The van der Waals surface area contributed by atoms with Gasteiger partial charge in [0.05, 0.1) is 11.4 Å². The summed E-state index contributed by atoms with van der Waals surface area (Å²) in [6.07, 6.45) is 4.05. The normalized spacial score (nSPS) is 11.3. The van der Waals surface area contributed by atoms with Gasteiger partial charge < -0.3 is 4.40 Å². The van der Waals surface area contributed by atoms with Crippen LogP contribution in [-0.4, -0.2) is 19.2 Å². The third kappa shape index (κ3) is 1.66. The number of rotatable bonds is 1. The molecule has 92 valence electrons. The van der Waals surface area contributed by atoms with E-state index in [9.17, 15) is 0 Å². The molecule has 3 heterocycles. The largest absolute Gasteiger partial charge is 0.305 e. The lowest BCUT2D eigenvalue weighted by Crippen LogP contribution is -1.92. The highest BCUT2D eigenvalue weighted by atomic mass is 79.9. The Balaban J connectivity index is 2.25. The molecule has 0 aliphatic carbocycles. The van der Waals surface area contributed by atoms with E-state index in [-0.39, 0.29) is 0 Å². The van der Waals surface area contributed by atoms with Gasteiger partial charge in [0.25, 0.3) is 0 Å². The van der Waals surface area contributed by atoms with Gasteiger partial charge >= 0.3 is 0 Å². The van der Waals surface area contributed by atoms with Gasteiger partial charge in [-0.3, -0.25) is 4.68 Å². The molecule has 0 unspecified atom stereocenters. The van der Waals surface area contributed by atoms with Crippen LogP contribution in [0.15, 0.2) is 29.0 Å². The molecule has 5 heteroatoms. The third-order valence-corrected chi connectivity index (χ3v) is 3.65. The smallest absolute Gasteiger partial charge is 0.137 e. The summed E-state index contributed by atoms with van der Waals surface area (Å²) in [5, 5.41) is 4.43. The summed E-state index contributed by atoms with van der Waals surface area (Å²) in [4.78, 5) is 4.65. The molecule has 18 heavy (non-hydrogen) atoms. The minimum absolute atomic E-state index is 0.941. The number of aromatic nitrogens is 4. The Morgan fingerprint density at radius 1 is 1.17 bits per heavy atom. The van der Waals surface area contributed by atoms with E-state index in [1.807, 2.05) is 47.6 Å². The van der Waals surface area contributed by atoms with Crippen molar-refractivity contribution in [3.05, 3.63) is 40.4 Å². The first kappa shape index (κ1) is 11.5. The molecule has 0 atom stereocenters. The maximum absolute atomic E-state index is 4.65. The minimum atomic E-state index is 0.941. The van der Waals surface area contributed by atoms with Gasteiger partial charge in [-0.2, -0.15) is 5.10 Å². The van der Waals surface area contributed by atoms with Crippen molar-refractivity contribution in [2.45, 2.75) is 13.8 Å². The number of pyridine rings is 1. The van der Waals surface area contributed by atoms with Crippen LogP contribution in [-0.2, 0) is 7.05 Å². The van der Waals surface area contributed by atoms with Crippen molar-refractivity contribution in [3.8, 4) is 11.3 Å². The topological polar surface area (TPSA) is 35.1 Å². The standard InChI is InChI=1S/C13H13BrN4/c1-8-13(9(2)17(3)16-8)11-7-18-6-10(14)4-5-12(18)15-11/h4-7H,1-3H3. The average molecular weight is 305 g/mol. The second kappa shape index (κ2) is 3.95. The van der Waals surface area contributed by atoms with Crippen LogP contribution >= 0.6 is 15.9 Å². The van der Waals surface area contributed by atoms with Crippen LogP contribution in [0.2, 0.25) is 0 Å². The molecule has 0 aromatic carbocycles. The van der Waals surface area contributed by atoms with Crippen molar-refractivity contribution in [3.63, 3.8) is 0 Å². The fourth-order valence-corrected chi connectivity index (χ4v) is 2.58. The molecule has 0 radical (unpaired) electrons. The van der Waals surface area contributed by atoms with E-state index >= 15 is 0 Å². The zero-order chi connectivity index (χ0) is 12.9. The molecular weight excluding hydrogens is 292 g/mol. The summed E-state index contributed by atoms with van der Waals surface area (Å²) in [6.45, 7) is 4.08. The summed E-state index contributed by atoms with van der Waals surface area (Å²) in [5.74, 6) is 0. The fraction of sp³-hybridized carbons (Fsp3) is 0.231. The number of fused-ring (bicyclic) bond motifs is 1. The summed E-state index contributed by atoms with van der Waals surface area (Å²) < 4.78 is 4.95. The summed E-state index contributed by atoms with van der Waals surface area (Å²) in [5.41, 5.74) is 5.18. The number of imidazole rings is 1. The molecule has 3 aromatic rings. The molecule has 3 aromatic heterocycles. The Hall–Kier alpha value is -1.62. The van der Waals surface area contributed by atoms with Crippen LogP contribution in [0.5, 0.6) is 0 Å². The summed E-state index contributed by atoms with van der Waals surface area (Å²) in [6, 6.07) is 3.99. The molecule has 0 bridgehead atoms. The van der Waals surface area contributed by atoms with E-state index in [1.165, 1.54) is 0 Å². The van der Waals surface area contributed by atoms with Crippen molar-refractivity contribution < 1.29 is 0 Å². The van der Waals surface area contributed by atoms with Gasteiger partial charge in [-0.1, -0.05) is 0 Å². The molecule has 0 N–H and O–H groups in total. The molecule has 4 nitrogen and oxygen atoms in total. The molecule has 0 saturated heterocycles. The maximum Gasteiger partial charge on any atom is 0.137 e. The van der Waals surface area contributed by atoms with Crippen molar-refractivity contribution in [1.29, 1.82) is 0 Å². The van der Waals surface area contributed by atoms with Gasteiger partial charge in [0.15, 0.2) is 0 Å². The second-order valence-corrected chi connectivity index (χ2v) is 5.32. The van der Waals surface area contributed by atoms with Gasteiger partial charge in [-0.15, -0.1) is 0 Å². The van der Waals surface area contributed by atoms with Crippen LogP contribution in [0.4, 0.5) is 0 Å². The van der Waals surface area contributed by atoms with Crippen molar-refractivity contribution >= 4 is 21.6 Å². The van der Waals surface area contributed by atoms with E-state index in [0.717, 1.165) is 32.8 Å². The second-order valence-electron chi connectivity index (χ2n) is 4.41. The molecule has 0 saturated carbocycles. The number of nitrogens with zero attached hydrogens (tertiary/aromatic N) is 4. The summed E-state index contributed by atoms with van der Waals surface area (Å²) in [7, 11) is 1.96. The van der Waals surface area contributed by atoms with E-state index < -0.39 is 0 Å². The zero-order valence-electron chi connectivity index (χ0n) is 10.5. The number of aryl methyl sites for hydroxylation is 2. The predicted octanol–water partition coefficient (Wildman–Crippen LogP) is 3.11. The van der Waals surface area contributed by atoms with E-state index in [2.05, 4.69) is 32.9 Å². The van der Waals surface area contributed by atoms with Gasteiger partial charge in [0, 0.05) is 35.2 Å². The van der Waals surface area contributed by atoms with Crippen LogP contribution in [0.25, 0.3) is 16.9 Å². The Bertz CT molecular complexity index is 739. The fourth-order valence-electron chi connectivity index (χ4n) is 2.23. The molecular formula is C13H13BrN4. The average Bonchev–Trinajstić information content (AvgIpc) is 2.80. The Morgan fingerprint density at radius 2 is 1.94 bits per heavy atom. The van der Waals surface area contributed by atoms with E-state index in [1.54, 1.807) is 0 Å². The maximum atomic E-state index is 4.65.